The number of aliphatic carboxylic acids is 4. The van der Waals surface area contributed by atoms with Crippen molar-refractivity contribution >= 4 is 23.9 Å². The Morgan fingerprint density at radius 1 is 0.727 bits per heavy atom. The highest BCUT2D eigenvalue weighted by Gasteiger charge is 1.89. The molecule has 0 fully saturated rings. The molecule has 22 heavy (non-hydrogen) atoms. The summed E-state index contributed by atoms with van der Waals surface area (Å²) in [6.07, 6.45) is 2.45. The summed E-state index contributed by atoms with van der Waals surface area (Å²) in [7, 11) is 0. The van der Waals surface area contributed by atoms with E-state index in [0.717, 1.165) is 6.42 Å². The molecule has 0 aliphatic rings. The molecule has 6 N–H and O–H groups in total. The van der Waals surface area contributed by atoms with Gasteiger partial charge in [-0.05, 0) is 6.42 Å². The van der Waals surface area contributed by atoms with E-state index in [-0.39, 0.29) is 0 Å². The first-order valence-electron chi connectivity index (χ1n) is 5.66. The number of aliphatic hydroxyl groups excluding tert-OH is 1. The third-order valence-electron chi connectivity index (χ3n) is 1.28. The second-order valence-electron chi connectivity index (χ2n) is 3.29. The van der Waals surface area contributed by atoms with Crippen LogP contribution >= 0.6 is 0 Å². The van der Waals surface area contributed by atoms with E-state index >= 15 is 0 Å². The Morgan fingerprint density at radius 3 is 1.00 bits per heavy atom. The van der Waals surface area contributed by atoms with Gasteiger partial charge in [0, 0.05) is 24.3 Å². The highest BCUT2D eigenvalue weighted by molar-refractivity contribution is 5.90. The lowest BCUT2D eigenvalue weighted by Crippen LogP contribution is -2.01. The van der Waals surface area contributed by atoms with Crippen molar-refractivity contribution in [2.75, 3.05) is 0 Å². The molecule has 0 saturated heterocycles. The second kappa shape index (κ2) is 16.3. The van der Waals surface area contributed by atoms with Gasteiger partial charge in [-0.1, -0.05) is 13.3 Å². The molecule has 0 radical (unpaired) electrons. The van der Waals surface area contributed by atoms with Crippen LogP contribution in [0.3, 0.4) is 0 Å². The third kappa shape index (κ3) is 43.3. The van der Waals surface area contributed by atoms with Crippen molar-refractivity contribution in [2.45, 2.75) is 26.1 Å². The second-order valence-corrected chi connectivity index (χ2v) is 3.29. The molecule has 0 aromatic carbocycles. The predicted molar refractivity (Wildman–Crippen MR) is 72.0 cm³/mol. The summed E-state index contributed by atoms with van der Waals surface area (Å²) in [6, 6.07) is 0. The van der Waals surface area contributed by atoms with Crippen molar-refractivity contribution in [3.8, 4) is 0 Å². The quantitative estimate of drug-likeness (QED) is 0.275. The van der Waals surface area contributed by atoms with Crippen LogP contribution in [0.4, 0.5) is 0 Å². The van der Waals surface area contributed by atoms with E-state index in [9.17, 15) is 19.2 Å². The predicted octanol–water partition coefficient (Wildman–Crippen LogP) is -0.479. The highest BCUT2D eigenvalue weighted by Crippen LogP contribution is 1.88. The summed E-state index contributed by atoms with van der Waals surface area (Å²) >= 11 is 0. The molecule has 0 aliphatic carbocycles. The Balaban J connectivity index is -0.000000249. The minimum Gasteiger partial charge on any atom is -0.478 e. The fraction of sp³-hybridized carbons (Fsp3) is 0.333. The van der Waals surface area contributed by atoms with Crippen LogP contribution in [0.5, 0.6) is 0 Å². The third-order valence-corrected chi connectivity index (χ3v) is 1.28. The normalized spacial score (nSPS) is 9.64. The van der Waals surface area contributed by atoms with E-state index in [0.29, 0.717) is 30.7 Å². The number of aliphatic hydroxyl groups is 2. The van der Waals surface area contributed by atoms with E-state index in [1.807, 2.05) is 6.92 Å². The van der Waals surface area contributed by atoms with Gasteiger partial charge in [0.1, 0.15) is 0 Å². The van der Waals surface area contributed by atoms with Gasteiger partial charge in [0.15, 0.2) is 6.29 Å². The average Bonchev–Trinajstić information content (AvgIpc) is 2.35. The molecule has 0 bridgehead atoms. The summed E-state index contributed by atoms with van der Waals surface area (Å²) in [5.41, 5.74) is 0. The Labute approximate surface area is 125 Å². The van der Waals surface area contributed by atoms with Gasteiger partial charge in [-0.3, -0.25) is 0 Å². The fourth-order valence-electron chi connectivity index (χ4n) is 0.543. The van der Waals surface area contributed by atoms with E-state index in [1.165, 1.54) is 0 Å². The van der Waals surface area contributed by atoms with Crippen molar-refractivity contribution in [3.63, 3.8) is 0 Å². The maximum atomic E-state index is 9.55. The highest BCUT2D eigenvalue weighted by atomic mass is 16.5. The monoisotopic (exact) mass is 322 g/mol. The lowest BCUT2D eigenvalue weighted by Gasteiger charge is -1.94. The summed E-state index contributed by atoms with van der Waals surface area (Å²) in [5, 5.41) is 47.5. The first-order chi connectivity index (χ1) is 10.0. The smallest absolute Gasteiger partial charge is 0.328 e. The first kappa shape index (κ1) is 24.3. The molecule has 0 aromatic heterocycles. The molecular weight excluding hydrogens is 304 g/mol. The SMILES string of the molecule is CCCC(O)O.O=C(O)C=CC(=O)O.O=C(O)C=CC(=O)O. The summed E-state index contributed by atoms with van der Waals surface area (Å²) in [5.74, 6) is -5.03. The van der Waals surface area contributed by atoms with Crippen LogP contribution in [0.1, 0.15) is 19.8 Å². The van der Waals surface area contributed by atoms with Crippen LogP contribution in [-0.2, 0) is 19.2 Å². The molecule has 0 spiro atoms. The van der Waals surface area contributed by atoms with Crippen LogP contribution in [-0.4, -0.2) is 60.8 Å². The molecule has 0 atom stereocenters. The maximum Gasteiger partial charge on any atom is 0.328 e. The number of rotatable bonds is 6. The van der Waals surface area contributed by atoms with Gasteiger partial charge >= 0.3 is 23.9 Å². The number of hydrogen-bond acceptors (Lipinski definition) is 6. The zero-order valence-electron chi connectivity index (χ0n) is 11.6. The molecule has 0 heterocycles. The lowest BCUT2D eigenvalue weighted by atomic mass is 10.3. The standard InChI is InChI=1S/2C4H4O4.C4H10O2/c2*5-3(6)1-2-4(7)8;1-2-3-4(5)6/h2*1-2H,(H,5,6)(H,7,8);4-6H,2-3H2,1H3. The van der Waals surface area contributed by atoms with Crippen LogP contribution in [0.2, 0.25) is 0 Å². The minimum atomic E-state index is -1.26. The number of hydrogen-bond donors (Lipinski definition) is 6. The van der Waals surface area contributed by atoms with Gasteiger partial charge < -0.3 is 30.6 Å². The topological polar surface area (TPSA) is 190 Å². The van der Waals surface area contributed by atoms with E-state index in [4.69, 9.17) is 30.6 Å². The minimum absolute atomic E-state index is 0.486. The Hall–Kier alpha value is -2.72. The van der Waals surface area contributed by atoms with Gasteiger partial charge in [0.2, 0.25) is 0 Å². The van der Waals surface area contributed by atoms with Crippen LogP contribution in [0.15, 0.2) is 24.3 Å². The maximum absolute atomic E-state index is 9.55. The van der Waals surface area contributed by atoms with Crippen molar-refractivity contribution in [1.29, 1.82) is 0 Å². The van der Waals surface area contributed by atoms with E-state index in [1.54, 1.807) is 0 Å². The van der Waals surface area contributed by atoms with Crippen LogP contribution in [0.25, 0.3) is 0 Å². The van der Waals surface area contributed by atoms with Gasteiger partial charge in [-0.2, -0.15) is 0 Å². The Kier molecular flexibility index (Phi) is 18.0. The average molecular weight is 322 g/mol. The molecule has 0 rings (SSSR count). The van der Waals surface area contributed by atoms with Gasteiger partial charge in [0.25, 0.3) is 0 Å². The van der Waals surface area contributed by atoms with Crippen LogP contribution < -0.4 is 0 Å². The fourth-order valence-corrected chi connectivity index (χ4v) is 0.543. The van der Waals surface area contributed by atoms with E-state index < -0.39 is 30.2 Å². The number of carbonyl (C=O) groups is 4. The summed E-state index contributed by atoms with van der Waals surface area (Å²) in [4.78, 5) is 38.2. The van der Waals surface area contributed by atoms with Crippen molar-refractivity contribution < 1.29 is 49.8 Å². The first-order valence-corrected chi connectivity index (χ1v) is 5.66. The summed E-state index contributed by atoms with van der Waals surface area (Å²) < 4.78 is 0. The molecule has 10 nitrogen and oxygen atoms in total. The van der Waals surface area contributed by atoms with Crippen LogP contribution in [0, 0.1) is 0 Å². The van der Waals surface area contributed by atoms with Gasteiger partial charge in [-0.25, -0.2) is 19.2 Å². The molecule has 0 aliphatic heterocycles. The zero-order chi connectivity index (χ0) is 18.1. The molecule has 0 aromatic rings. The lowest BCUT2D eigenvalue weighted by molar-refractivity contribution is -0.134. The molecule has 10 heteroatoms. The van der Waals surface area contributed by atoms with Crippen molar-refractivity contribution in [1.82, 2.24) is 0 Å². The summed E-state index contributed by atoms with van der Waals surface area (Å²) in [6.45, 7) is 1.90. The molecule has 0 unspecified atom stereocenters. The largest absolute Gasteiger partial charge is 0.478 e. The number of carboxylic acids is 4. The van der Waals surface area contributed by atoms with Crippen molar-refractivity contribution in [3.05, 3.63) is 24.3 Å². The molecular formula is C12H18O10. The van der Waals surface area contributed by atoms with E-state index in [2.05, 4.69) is 0 Å². The number of carboxylic acid groups (broad SMARTS) is 4. The van der Waals surface area contributed by atoms with Gasteiger partial charge in [0.05, 0.1) is 0 Å². The zero-order valence-corrected chi connectivity index (χ0v) is 11.6. The van der Waals surface area contributed by atoms with Gasteiger partial charge in [-0.15, -0.1) is 0 Å². The Bertz CT molecular complexity index is 342. The molecule has 126 valence electrons. The molecule has 0 saturated carbocycles. The van der Waals surface area contributed by atoms with Crippen molar-refractivity contribution in [2.24, 2.45) is 0 Å². The molecule has 0 amide bonds. The Morgan fingerprint density at radius 2 is 0.955 bits per heavy atom.